The lowest BCUT2D eigenvalue weighted by molar-refractivity contribution is -0.130. The van der Waals surface area contributed by atoms with Crippen LogP contribution in [0, 0.1) is 0 Å². The normalized spacial score (nSPS) is 14.5. The largest absolute Gasteiger partial charge is 0.339 e. The van der Waals surface area contributed by atoms with Crippen molar-refractivity contribution < 1.29 is 9.59 Å². The lowest BCUT2D eigenvalue weighted by Crippen LogP contribution is -2.50. The molecule has 3 heterocycles. The van der Waals surface area contributed by atoms with Gasteiger partial charge in [0.2, 0.25) is 5.91 Å². The van der Waals surface area contributed by atoms with E-state index in [-0.39, 0.29) is 11.8 Å². The van der Waals surface area contributed by atoms with Crippen molar-refractivity contribution in [3.63, 3.8) is 0 Å². The van der Waals surface area contributed by atoms with Crippen LogP contribution in [0.5, 0.6) is 0 Å². The predicted molar refractivity (Wildman–Crippen MR) is 107 cm³/mol. The van der Waals surface area contributed by atoms with Gasteiger partial charge in [0.05, 0.1) is 10.6 Å². The van der Waals surface area contributed by atoms with Crippen LogP contribution in [0.25, 0.3) is 22.6 Å². The van der Waals surface area contributed by atoms with Gasteiger partial charge in [-0.05, 0) is 18.2 Å². The Balaban J connectivity index is 1.63. The molecule has 28 heavy (non-hydrogen) atoms. The monoisotopic (exact) mass is 397 g/mol. The lowest BCUT2D eigenvalue weighted by Gasteiger charge is -2.34. The molecule has 4 rings (SSSR count). The molecule has 0 saturated carbocycles. The zero-order valence-corrected chi connectivity index (χ0v) is 16.5. The van der Waals surface area contributed by atoms with Gasteiger partial charge in [0.25, 0.3) is 5.91 Å². The van der Waals surface area contributed by atoms with Gasteiger partial charge in [0.1, 0.15) is 11.3 Å². The summed E-state index contributed by atoms with van der Waals surface area (Å²) in [4.78, 5) is 36.9. The fourth-order valence-corrected chi connectivity index (χ4v) is 3.70. The van der Waals surface area contributed by atoms with Gasteiger partial charge in [0.15, 0.2) is 5.65 Å². The van der Waals surface area contributed by atoms with Crippen molar-refractivity contribution in [3.05, 3.63) is 47.1 Å². The summed E-state index contributed by atoms with van der Waals surface area (Å²) in [6.07, 6.45) is 1.58. The molecule has 0 radical (unpaired) electrons. The molecule has 2 aromatic heterocycles. The minimum atomic E-state index is -0.0949. The van der Waals surface area contributed by atoms with Crippen molar-refractivity contribution >= 4 is 34.6 Å². The Kier molecular flexibility index (Phi) is 4.77. The molecule has 0 atom stereocenters. The fourth-order valence-electron chi connectivity index (χ4n) is 3.48. The zero-order chi connectivity index (χ0) is 19.8. The Hall–Kier alpha value is -2.93. The summed E-state index contributed by atoms with van der Waals surface area (Å²) >= 11 is 6.31. The Morgan fingerprint density at radius 1 is 1.07 bits per heavy atom. The molecule has 1 aromatic carbocycles. The van der Waals surface area contributed by atoms with Crippen LogP contribution in [0.1, 0.15) is 17.3 Å². The molecule has 0 aliphatic carbocycles. The van der Waals surface area contributed by atoms with E-state index in [1.54, 1.807) is 29.0 Å². The lowest BCUT2D eigenvalue weighted by atomic mass is 10.2. The van der Waals surface area contributed by atoms with Crippen molar-refractivity contribution in [3.8, 4) is 11.4 Å². The van der Waals surface area contributed by atoms with Gasteiger partial charge in [-0.2, -0.15) is 0 Å². The van der Waals surface area contributed by atoms with Crippen molar-refractivity contribution in [2.45, 2.75) is 6.92 Å². The number of imidazole rings is 1. The number of rotatable bonds is 2. The number of aromatic nitrogens is 3. The van der Waals surface area contributed by atoms with Crippen LogP contribution in [-0.2, 0) is 11.8 Å². The summed E-state index contributed by atoms with van der Waals surface area (Å²) in [6.45, 7) is 3.69. The van der Waals surface area contributed by atoms with Crippen LogP contribution in [0.3, 0.4) is 0 Å². The molecule has 1 aliphatic rings. The molecule has 0 unspecified atom stereocenters. The van der Waals surface area contributed by atoms with E-state index in [2.05, 4.69) is 9.97 Å². The van der Waals surface area contributed by atoms with Crippen LogP contribution in [0.4, 0.5) is 0 Å². The van der Waals surface area contributed by atoms with E-state index in [0.29, 0.717) is 53.8 Å². The van der Waals surface area contributed by atoms with E-state index in [4.69, 9.17) is 11.6 Å². The van der Waals surface area contributed by atoms with Crippen molar-refractivity contribution in [1.29, 1.82) is 0 Å². The first kappa shape index (κ1) is 18.4. The first-order valence-corrected chi connectivity index (χ1v) is 9.45. The van der Waals surface area contributed by atoms with Crippen LogP contribution in [-0.4, -0.2) is 62.3 Å². The second kappa shape index (κ2) is 7.24. The zero-order valence-electron chi connectivity index (χ0n) is 15.7. The number of carbonyl (C=O) groups is 2. The van der Waals surface area contributed by atoms with Crippen LogP contribution >= 0.6 is 11.6 Å². The van der Waals surface area contributed by atoms with Crippen LogP contribution in [0.15, 0.2) is 36.5 Å². The molecule has 0 bridgehead atoms. The van der Waals surface area contributed by atoms with Crippen molar-refractivity contribution in [2.75, 3.05) is 26.2 Å². The van der Waals surface area contributed by atoms with Gasteiger partial charge in [-0.1, -0.05) is 23.7 Å². The van der Waals surface area contributed by atoms with E-state index in [1.807, 2.05) is 35.9 Å². The van der Waals surface area contributed by atoms with Crippen molar-refractivity contribution in [2.24, 2.45) is 7.05 Å². The van der Waals surface area contributed by atoms with Gasteiger partial charge < -0.3 is 14.4 Å². The Morgan fingerprint density at radius 2 is 1.75 bits per heavy atom. The van der Waals surface area contributed by atoms with E-state index in [0.717, 1.165) is 5.56 Å². The summed E-state index contributed by atoms with van der Waals surface area (Å²) in [5.41, 5.74) is 2.64. The average Bonchev–Trinajstić information content (AvgIpc) is 3.03. The summed E-state index contributed by atoms with van der Waals surface area (Å²) in [5.74, 6) is 0.645. The third-order valence-electron chi connectivity index (χ3n) is 5.08. The number of fused-ring (bicyclic) bond motifs is 1. The summed E-state index contributed by atoms with van der Waals surface area (Å²) in [7, 11) is 1.88. The third-order valence-corrected chi connectivity index (χ3v) is 5.41. The number of nitrogens with zero attached hydrogens (tertiary/aromatic N) is 5. The van der Waals surface area contributed by atoms with Gasteiger partial charge in [-0.3, -0.25) is 9.59 Å². The molecule has 0 N–H and O–H groups in total. The third kappa shape index (κ3) is 3.22. The Bertz CT molecular complexity index is 1070. The molecule has 2 amide bonds. The number of hydrogen-bond acceptors (Lipinski definition) is 4. The van der Waals surface area contributed by atoms with Gasteiger partial charge in [-0.15, -0.1) is 0 Å². The quantitative estimate of drug-likeness (QED) is 0.666. The summed E-state index contributed by atoms with van der Waals surface area (Å²) < 4.78 is 1.87. The molecule has 144 valence electrons. The molecule has 1 aliphatic heterocycles. The number of halogens is 1. The summed E-state index contributed by atoms with van der Waals surface area (Å²) in [5, 5.41) is 0.612. The molecule has 0 spiro atoms. The second-order valence-electron chi connectivity index (χ2n) is 6.84. The molecule has 1 fully saturated rings. The fraction of sp³-hybridized carbons (Fsp3) is 0.300. The van der Waals surface area contributed by atoms with Gasteiger partial charge in [-0.25, -0.2) is 9.97 Å². The maximum Gasteiger partial charge on any atom is 0.255 e. The highest BCUT2D eigenvalue weighted by atomic mass is 35.5. The minimum absolute atomic E-state index is 0.0378. The number of pyridine rings is 1. The maximum absolute atomic E-state index is 12.9. The minimum Gasteiger partial charge on any atom is -0.339 e. The number of amides is 2. The topological polar surface area (TPSA) is 71.3 Å². The van der Waals surface area contributed by atoms with Crippen molar-refractivity contribution in [1.82, 2.24) is 24.3 Å². The highest BCUT2D eigenvalue weighted by Crippen LogP contribution is 2.29. The Labute approximate surface area is 167 Å². The number of carbonyl (C=O) groups excluding carboxylic acids is 2. The molecule has 3 aromatic rings. The van der Waals surface area contributed by atoms with E-state index in [9.17, 15) is 9.59 Å². The second-order valence-corrected chi connectivity index (χ2v) is 7.25. The van der Waals surface area contributed by atoms with Crippen LogP contribution < -0.4 is 0 Å². The highest BCUT2D eigenvalue weighted by Gasteiger charge is 2.24. The van der Waals surface area contributed by atoms with Gasteiger partial charge in [0, 0.05) is 51.9 Å². The number of hydrogen-bond donors (Lipinski definition) is 0. The molecule has 8 heteroatoms. The highest BCUT2D eigenvalue weighted by molar-refractivity contribution is 6.33. The van der Waals surface area contributed by atoms with Crippen LogP contribution in [0.2, 0.25) is 5.02 Å². The first-order valence-electron chi connectivity index (χ1n) is 9.08. The van der Waals surface area contributed by atoms with Gasteiger partial charge >= 0.3 is 0 Å². The molecule has 1 saturated heterocycles. The summed E-state index contributed by atoms with van der Waals surface area (Å²) in [6, 6.07) is 9.27. The molecular formula is C20H20ClN5O2. The maximum atomic E-state index is 12.9. The Morgan fingerprint density at radius 3 is 2.43 bits per heavy atom. The van der Waals surface area contributed by atoms with E-state index in [1.165, 1.54) is 0 Å². The smallest absolute Gasteiger partial charge is 0.255 e. The average molecular weight is 398 g/mol. The molecule has 7 nitrogen and oxygen atoms in total. The predicted octanol–water partition coefficient (Wildman–Crippen LogP) is 2.59. The number of aryl methyl sites for hydroxylation is 1. The molecular weight excluding hydrogens is 378 g/mol. The number of benzene rings is 1. The number of piperazine rings is 1. The standard InChI is InChI=1S/C20H20ClN5O2/c1-13(27)25-7-9-26(10-8-25)20(28)14-11-17-19(22-12-14)24(2)18(23-17)15-5-3-4-6-16(15)21/h3-6,11-12H,7-10H2,1-2H3. The van der Waals surface area contributed by atoms with E-state index >= 15 is 0 Å². The van der Waals surface area contributed by atoms with E-state index < -0.39 is 0 Å². The SMILES string of the molecule is CC(=O)N1CCN(C(=O)c2cnc3c(c2)nc(-c2ccccc2Cl)n3C)CC1. The first-order chi connectivity index (χ1) is 13.5.